The Labute approximate surface area is 187 Å². The van der Waals surface area contributed by atoms with Gasteiger partial charge in [-0.2, -0.15) is 0 Å². The Balaban J connectivity index is 1.45. The largest absolute Gasteiger partial charge is 0.420 e. The van der Waals surface area contributed by atoms with Crippen LogP contribution < -0.4 is 0 Å². The maximum absolute atomic E-state index is 6.08. The van der Waals surface area contributed by atoms with Crippen molar-refractivity contribution in [2.75, 3.05) is 0 Å². The molecular weight excluding hydrogens is 432 g/mol. The van der Waals surface area contributed by atoms with Gasteiger partial charge in [-0.15, -0.1) is 20.4 Å². The molecule has 31 heavy (non-hydrogen) atoms. The van der Waals surface area contributed by atoms with E-state index in [2.05, 4.69) is 25.4 Å². The average molecular weight is 447 g/mol. The maximum atomic E-state index is 6.08. The van der Waals surface area contributed by atoms with E-state index in [0.717, 1.165) is 16.8 Å². The zero-order chi connectivity index (χ0) is 21.0. The zero-order valence-corrected chi connectivity index (χ0v) is 17.7. The molecule has 0 bridgehead atoms. The van der Waals surface area contributed by atoms with Gasteiger partial charge in [0.2, 0.25) is 11.8 Å². The summed E-state index contributed by atoms with van der Waals surface area (Å²) >= 11 is 7.55. The van der Waals surface area contributed by atoms with E-state index in [4.69, 9.17) is 16.0 Å². The Morgan fingerprint density at radius 2 is 1.58 bits per heavy atom. The minimum absolute atomic E-state index is 0.460. The summed E-state index contributed by atoms with van der Waals surface area (Å²) < 4.78 is 7.79. The van der Waals surface area contributed by atoms with Gasteiger partial charge in [0, 0.05) is 34.2 Å². The van der Waals surface area contributed by atoms with Crippen molar-refractivity contribution in [3.8, 4) is 28.5 Å². The molecule has 3 aromatic heterocycles. The van der Waals surface area contributed by atoms with E-state index in [1.165, 1.54) is 11.8 Å². The molecule has 0 radical (unpaired) electrons. The van der Waals surface area contributed by atoms with Gasteiger partial charge in [0.1, 0.15) is 0 Å². The quantitative estimate of drug-likeness (QED) is 0.326. The van der Waals surface area contributed by atoms with Gasteiger partial charge in [-0.25, -0.2) is 0 Å². The molecule has 0 atom stereocenters. The van der Waals surface area contributed by atoms with Crippen molar-refractivity contribution < 1.29 is 4.42 Å². The van der Waals surface area contributed by atoms with Crippen LogP contribution in [0.3, 0.4) is 0 Å². The Bertz CT molecular complexity index is 1290. The number of aromatic nitrogens is 6. The van der Waals surface area contributed by atoms with E-state index in [0.29, 0.717) is 33.5 Å². The number of pyridine rings is 1. The van der Waals surface area contributed by atoms with Gasteiger partial charge in [0.15, 0.2) is 11.0 Å². The molecule has 9 heteroatoms. The highest BCUT2D eigenvalue weighted by Gasteiger charge is 2.18. The molecule has 0 amide bonds. The second-order valence-electron chi connectivity index (χ2n) is 6.51. The van der Waals surface area contributed by atoms with Crippen LogP contribution in [0.5, 0.6) is 0 Å². The Morgan fingerprint density at radius 1 is 0.806 bits per heavy atom. The Morgan fingerprint density at radius 3 is 2.35 bits per heavy atom. The summed E-state index contributed by atoms with van der Waals surface area (Å²) in [6.07, 6.45) is 3.46. The molecule has 0 saturated carbocycles. The lowest BCUT2D eigenvalue weighted by atomic mass is 10.2. The highest BCUT2D eigenvalue weighted by molar-refractivity contribution is 7.98. The molecule has 5 rings (SSSR count). The summed E-state index contributed by atoms with van der Waals surface area (Å²) in [7, 11) is 0. The van der Waals surface area contributed by atoms with E-state index in [1.807, 2.05) is 71.3 Å². The van der Waals surface area contributed by atoms with Crippen molar-refractivity contribution in [2.45, 2.75) is 10.9 Å². The molecule has 5 aromatic rings. The predicted octanol–water partition coefficient (Wildman–Crippen LogP) is 5.33. The predicted molar refractivity (Wildman–Crippen MR) is 119 cm³/mol. The number of halogens is 1. The average Bonchev–Trinajstić information content (AvgIpc) is 3.47. The van der Waals surface area contributed by atoms with Crippen LogP contribution >= 0.6 is 23.4 Å². The Hall–Kier alpha value is -3.49. The summed E-state index contributed by atoms with van der Waals surface area (Å²) in [4.78, 5) is 4.09. The van der Waals surface area contributed by atoms with E-state index < -0.39 is 0 Å². The fourth-order valence-electron chi connectivity index (χ4n) is 3.01. The van der Waals surface area contributed by atoms with Gasteiger partial charge in [-0.3, -0.25) is 9.55 Å². The zero-order valence-electron chi connectivity index (χ0n) is 16.1. The first-order valence-corrected chi connectivity index (χ1v) is 10.8. The number of hydrogen-bond donors (Lipinski definition) is 0. The third-order valence-corrected chi connectivity index (χ3v) is 5.63. The van der Waals surface area contributed by atoms with Crippen molar-refractivity contribution in [1.82, 2.24) is 29.9 Å². The first-order valence-electron chi connectivity index (χ1n) is 9.40. The van der Waals surface area contributed by atoms with Crippen LogP contribution in [0, 0.1) is 0 Å². The smallest absolute Gasteiger partial charge is 0.247 e. The monoisotopic (exact) mass is 446 g/mol. The lowest BCUT2D eigenvalue weighted by Crippen LogP contribution is -1.99. The minimum Gasteiger partial charge on any atom is -0.420 e. The molecule has 152 valence electrons. The normalized spacial score (nSPS) is 11.0. The molecule has 0 saturated heterocycles. The van der Waals surface area contributed by atoms with Crippen LogP contribution in [0.4, 0.5) is 0 Å². The van der Waals surface area contributed by atoms with Gasteiger partial charge in [-0.1, -0.05) is 41.6 Å². The fourth-order valence-corrected chi connectivity index (χ4v) is 3.92. The van der Waals surface area contributed by atoms with Crippen LogP contribution in [-0.2, 0) is 5.75 Å². The molecule has 2 aromatic carbocycles. The number of rotatable bonds is 6. The van der Waals surface area contributed by atoms with Crippen LogP contribution in [0.25, 0.3) is 28.5 Å². The summed E-state index contributed by atoms with van der Waals surface area (Å²) in [5.74, 6) is 2.18. The lowest BCUT2D eigenvalue weighted by molar-refractivity contribution is 0.528. The second-order valence-corrected chi connectivity index (χ2v) is 7.89. The first kappa shape index (κ1) is 19.5. The number of benzene rings is 2. The standard InChI is InChI=1S/C22H15ClN6OS/c23-17-6-8-18(9-7-17)29-20(15-10-12-24-13-11-15)26-28-22(29)31-14-19-25-27-21(30-19)16-4-2-1-3-5-16/h1-13H,14H2. The SMILES string of the molecule is Clc1ccc(-n2c(SCc3nnc(-c4ccccc4)o3)nnc2-c2ccncc2)cc1. The van der Waals surface area contributed by atoms with Crippen molar-refractivity contribution in [3.05, 3.63) is 90.0 Å². The molecular formula is C22H15ClN6OS. The van der Waals surface area contributed by atoms with Crippen LogP contribution in [0.15, 0.2) is 88.7 Å². The van der Waals surface area contributed by atoms with Crippen LogP contribution in [0.2, 0.25) is 5.02 Å². The summed E-state index contributed by atoms with van der Waals surface area (Å²) in [5.41, 5.74) is 2.70. The molecule has 0 unspecified atom stereocenters. The highest BCUT2D eigenvalue weighted by Crippen LogP contribution is 2.30. The molecule has 0 fully saturated rings. The fraction of sp³-hybridized carbons (Fsp3) is 0.0455. The maximum Gasteiger partial charge on any atom is 0.247 e. The topological polar surface area (TPSA) is 82.5 Å². The molecule has 0 aliphatic heterocycles. The van der Waals surface area contributed by atoms with Crippen LogP contribution in [0.1, 0.15) is 5.89 Å². The molecule has 0 N–H and O–H groups in total. The van der Waals surface area contributed by atoms with Crippen molar-refractivity contribution in [1.29, 1.82) is 0 Å². The summed E-state index contributed by atoms with van der Waals surface area (Å²) in [5, 5.41) is 18.5. The molecule has 0 aliphatic rings. The third-order valence-electron chi connectivity index (χ3n) is 4.47. The first-order chi connectivity index (χ1) is 15.3. The third kappa shape index (κ3) is 4.21. The van der Waals surface area contributed by atoms with Gasteiger partial charge in [0.05, 0.1) is 5.75 Å². The molecule has 3 heterocycles. The number of hydrogen-bond acceptors (Lipinski definition) is 7. The van der Waals surface area contributed by atoms with E-state index >= 15 is 0 Å². The van der Waals surface area contributed by atoms with Crippen molar-refractivity contribution in [3.63, 3.8) is 0 Å². The lowest BCUT2D eigenvalue weighted by Gasteiger charge is -2.10. The molecule has 0 aliphatic carbocycles. The minimum atomic E-state index is 0.460. The summed E-state index contributed by atoms with van der Waals surface area (Å²) in [6, 6.07) is 21.0. The van der Waals surface area contributed by atoms with Gasteiger partial charge in [-0.05, 0) is 48.5 Å². The molecule has 7 nitrogen and oxygen atoms in total. The van der Waals surface area contributed by atoms with E-state index in [9.17, 15) is 0 Å². The van der Waals surface area contributed by atoms with Gasteiger partial charge >= 0.3 is 0 Å². The number of nitrogens with zero attached hydrogens (tertiary/aromatic N) is 6. The molecule has 0 spiro atoms. The number of thioether (sulfide) groups is 1. The summed E-state index contributed by atoms with van der Waals surface area (Å²) in [6.45, 7) is 0. The van der Waals surface area contributed by atoms with Crippen molar-refractivity contribution in [2.24, 2.45) is 0 Å². The highest BCUT2D eigenvalue weighted by atomic mass is 35.5. The Kier molecular flexibility index (Phi) is 5.47. The van der Waals surface area contributed by atoms with Crippen LogP contribution in [-0.4, -0.2) is 29.9 Å². The van der Waals surface area contributed by atoms with E-state index in [1.54, 1.807) is 12.4 Å². The second kappa shape index (κ2) is 8.71. The van der Waals surface area contributed by atoms with Gasteiger partial charge in [0.25, 0.3) is 0 Å². The van der Waals surface area contributed by atoms with E-state index in [-0.39, 0.29) is 0 Å². The van der Waals surface area contributed by atoms with Crippen molar-refractivity contribution >= 4 is 23.4 Å². The van der Waals surface area contributed by atoms with Gasteiger partial charge < -0.3 is 4.42 Å².